The highest BCUT2D eigenvalue weighted by molar-refractivity contribution is 5.82. The van der Waals surface area contributed by atoms with Gasteiger partial charge in [0.25, 0.3) is 0 Å². The van der Waals surface area contributed by atoms with Gasteiger partial charge in [-0.2, -0.15) is 0 Å². The lowest BCUT2D eigenvalue weighted by molar-refractivity contribution is -0.123. The molecule has 0 aromatic heterocycles. The molecule has 1 rings (SSSR count). The molecule has 1 heterocycles. The van der Waals surface area contributed by atoms with Crippen molar-refractivity contribution in [3.63, 3.8) is 0 Å². The van der Waals surface area contributed by atoms with Crippen LogP contribution in [0.25, 0.3) is 0 Å². The van der Waals surface area contributed by atoms with E-state index in [-0.39, 0.29) is 24.0 Å². The van der Waals surface area contributed by atoms with Crippen molar-refractivity contribution in [1.29, 1.82) is 0 Å². The molecule has 0 aliphatic carbocycles. The molecule has 1 aliphatic rings. The second-order valence-electron chi connectivity index (χ2n) is 4.73. The zero-order valence-electron chi connectivity index (χ0n) is 10.4. The van der Waals surface area contributed by atoms with E-state index < -0.39 is 0 Å². The van der Waals surface area contributed by atoms with Crippen LogP contribution in [0.1, 0.15) is 39.5 Å². The fourth-order valence-electron chi connectivity index (χ4n) is 2.09. The van der Waals surface area contributed by atoms with E-state index in [1.807, 2.05) is 0 Å². The molecule has 0 bridgehead atoms. The molecule has 16 heavy (non-hydrogen) atoms. The molecular weight excluding hydrogens is 204 g/mol. The smallest absolute Gasteiger partial charge is 0.237 e. The Morgan fingerprint density at radius 1 is 1.50 bits per heavy atom. The Morgan fingerprint density at radius 2 is 2.19 bits per heavy atom. The predicted molar refractivity (Wildman–Crippen MR) is 64.1 cm³/mol. The summed E-state index contributed by atoms with van der Waals surface area (Å²) in [5.74, 6) is 0.0808. The minimum absolute atomic E-state index is 0.0231. The molecule has 4 heteroatoms. The molecule has 0 radical (unpaired) electrons. The summed E-state index contributed by atoms with van der Waals surface area (Å²) in [5, 5.41) is 15.5. The van der Waals surface area contributed by atoms with Crippen LogP contribution in [0.2, 0.25) is 0 Å². The minimum Gasteiger partial charge on any atom is -0.396 e. The summed E-state index contributed by atoms with van der Waals surface area (Å²) in [6.07, 6.45) is 3.78. The van der Waals surface area contributed by atoms with Crippen LogP contribution in [0.4, 0.5) is 0 Å². The average Bonchev–Trinajstić information content (AvgIpc) is 2.85. The van der Waals surface area contributed by atoms with Crippen molar-refractivity contribution in [2.75, 3.05) is 19.7 Å². The van der Waals surface area contributed by atoms with Gasteiger partial charge < -0.3 is 15.7 Å². The first-order valence-corrected chi connectivity index (χ1v) is 6.29. The lowest BCUT2D eigenvalue weighted by Crippen LogP contribution is -2.46. The number of carbonyl (C=O) groups is 1. The molecule has 0 aromatic rings. The maximum absolute atomic E-state index is 11.8. The molecule has 1 amide bonds. The van der Waals surface area contributed by atoms with Crippen LogP contribution in [0, 0.1) is 5.41 Å². The Hall–Kier alpha value is -0.610. The summed E-state index contributed by atoms with van der Waals surface area (Å²) in [7, 11) is 0. The van der Waals surface area contributed by atoms with Crippen LogP contribution >= 0.6 is 0 Å². The Bertz CT molecular complexity index is 213. The van der Waals surface area contributed by atoms with E-state index in [4.69, 9.17) is 0 Å². The Labute approximate surface area is 97.8 Å². The highest BCUT2D eigenvalue weighted by Gasteiger charge is 2.28. The summed E-state index contributed by atoms with van der Waals surface area (Å²) in [5.41, 5.74) is -0.145. The third-order valence-electron chi connectivity index (χ3n) is 3.85. The third-order valence-corrected chi connectivity index (χ3v) is 3.85. The largest absolute Gasteiger partial charge is 0.396 e. The van der Waals surface area contributed by atoms with Gasteiger partial charge in [0.05, 0.1) is 12.6 Å². The van der Waals surface area contributed by atoms with Crippen LogP contribution in [0.3, 0.4) is 0 Å². The van der Waals surface area contributed by atoms with E-state index in [2.05, 4.69) is 24.5 Å². The molecule has 0 aromatic carbocycles. The van der Waals surface area contributed by atoms with Crippen molar-refractivity contribution < 1.29 is 9.90 Å². The van der Waals surface area contributed by atoms with Gasteiger partial charge in [0.2, 0.25) is 5.91 Å². The van der Waals surface area contributed by atoms with Gasteiger partial charge in [-0.1, -0.05) is 13.8 Å². The summed E-state index contributed by atoms with van der Waals surface area (Å²) < 4.78 is 0. The maximum atomic E-state index is 11.8. The lowest BCUT2D eigenvalue weighted by Gasteiger charge is -2.30. The molecule has 3 N–H and O–H groups in total. The number of hydrogen-bond donors (Lipinski definition) is 3. The summed E-state index contributed by atoms with van der Waals surface area (Å²) in [6, 6.07) is -0.0231. The highest BCUT2D eigenvalue weighted by Crippen LogP contribution is 2.24. The predicted octanol–water partition coefficient (Wildman–Crippen LogP) is 0.653. The molecular formula is C12H24N2O2. The van der Waals surface area contributed by atoms with Crippen LogP contribution < -0.4 is 10.6 Å². The van der Waals surface area contributed by atoms with Gasteiger partial charge in [-0.15, -0.1) is 0 Å². The number of nitrogens with one attached hydrogen (secondary N) is 2. The van der Waals surface area contributed by atoms with Crippen molar-refractivity contribution in [3.8, 4) is 0 Å². The lowest BCUT2D eigenvalue weighted by atomic mass is 9.83. The molecule has 1 fully saturated rings. The summed E-state index contributed by atoms with van der Waals surface area (Å²) in [6.45, 7) is 5.76. The maximum Gasteiger partial charge on any atom is 0.237 e. The average molecular weight is 228 g/mol. The number of aliphatic hydroxyl groups excluding tert-OH is 1. The quantitative estimate of drug-likeness (QED) is 0.625. The van der Waals surface area contributed by atoms with Crippen LogP contribution in [-0.2, 0) is 4.79 Å². The van der Waals surface area contributed by atoms with Crippen LogP contribution in [0.15, 0.2) is 0 Å². The van der Waals surface area contributed by atoms with E-state index >= 15 is 0 Å². The number of aliphatic hydroxyl groups is 1. The number of amides is 1. The van der Waals surface area contributed by atoms with Gasteiger partial charge >= 0.3 is 0 Å². The van der Waals surface area contributed by atoms with Crippen molar-refractivity contribution in [3.05, 3.63) is 0 Å². The molecule has 1 atom stereocenters. The van der Waals surface area contributed by atoms with Gasteiger partial charge in [0, 0.05) is 12.0 Å². The fraction of sp³-hybridized carbons (Fsp3) is 0.917. The summed E-state index contributed by atoms with van der Waals surface area (Å²) in [4.78, 5) is 11.8. The van der Waals surface area contributed by atoms with Gasteiger partial charge in [-0.3, -0.25) is 4.79 Å². The fourth-order valence-corrected chi connectivity index (χ4v) is 2.09. The zero-order valence-corrected chi connectivity index (χ0v) is 10.4. The van der Waals surface area contributed by atoms with Gasteiger partial charge in [-0.05, 0) is 32.2 Å². The molecule has 0 spiro atoms. The number of rotatable bonds is 6. The minimum atomic E-state index is -0.145. The van der Waals surface area contributed by atoms with Crippen molar-refractivity contribution in [2.24, 2.45) is 5.41 Å². The van der Waals surface area contributed by atoms with Gasteiger partial charge in [0.1, 0.15) is 0 Å². The first kappa shape index (κ1) is 13.5. The monoisotopic (exact) mass is 228 g/mol. The molecule has 1 saturated heterocycles. The van der Waals surface area contributed by atoms with E-state index in [0.29, 0.717) is 6.54 Å². The van der Waals surface area contributed by atoms with E-state index in [0.717, 1.165) is 32.2 Å². The molecule has 4 nitrogen and oxygen atoms in total. The van der Waals surface area contributed by atoms with E-state index in [1.165, 1.54) is 0 Å². The van der Waals surface area contributed by atoms with E-state index in [1.54, 1.807) is 0 Å². The third kappa shape index (κ3) is 3.19. The Morgan fingerprint density at radius 3 is 2.62 bits per heavy atom. The normalized spacial score (nSPS) is 21.1. The highest BCUT2D eigenvalue weighted by atomic mass is 16.3. The number of hydrogen-bond acceptors (Lipinski definition) is 3. The number of carbonyl (C=O) groups excluding carboxylic acids is 1. The first-order valence-electron chi connectivity index (χ1n) is 6.29. The topological polar surface area (TPSA) is 61.4 Å². The Kier molecular flexibility index (Phi) is 5.22. The molecule has 0 unspecified atom stereocenters. The second kappa shape index (κ2) is 6.21. The summed E-state index contributed by atoms with van der Waals surface area (Å²) >= 11 is 0. The van der Waals surface area contributed by atoms with Crippen LogP contribution in [0.5, 0.6) is 0 Å². The molecule has 94 valence electrons. The van der Waals surface area contributed by atoms with Gasteiger partial charge in [0.15, 0.2) is 0 Å². The first-order chi connectivity index (χ1) is 7.67. The van der Waals surface area contributed by atoms with Crippen molar-refractivity contribution in [2.45, 2.75) is 45.6 Å². The second-order valence-corrected chi connectivity index (χ2v) is 4.73. The Balaban J connectivity index is 2.39. The van der Waals surface area contributed by atoms with Crippen LogP contribution in [-0.4, -0.2) is 36.8 Å². The van der Waals surface area contributed by atoms with Crippen molar-refractivity contribution >= 4 is 5.91 Å². The van der Waals surface area contributed by atoms with E-state index in [9.17, 15) is 9.90 Å². The zero-order chi connectivity index (χ0) is 12.0. The standard InChI is InChI=1S/C12H24N2O2/c1-3-12(4-2,9-15)8-14-11(16)10-6-5-7-13-10/h10,13,15H,3-9H2,1-2H3,(H,14,16)/t10-/m0/s1. The SMILES string of the molecule is CCC(CC)(CO)CNC(=O)[C@@H]1CCCN1. The van der Waals surface area contributed by atoms with Gasteiger partial charge in [-0.25, -0.2) is 0 Å². The molecule has 0 saturated carbocycles. The van der Waals surface area contributed by atoms with Crippen molar-refractivity contribution in [1.82, 2.24) is 10.6 Å². The molecule has 1 aliphatic heterocycles.